The molecule has 2 aliphatic rings. The van der Waals surface area contributed by atoms with Crippen molar-refractivity contribution in [2.75, 3.05) is 37.7 Å². The molecule has 0 unspecified atom stereocenters. The van der Waals surface area contributed by atoms with E-state index >= 15 is 0 Å². The second kappa shape index (κ2) is 9.89. The van der Waals surface area contributed by atoms with E-state index in [0.29, 0.717) is 50.6 Å². The molecule has 2 aromatic heterocycles. The summed E-state index contributed by atoms with van der Waals surface area (Å²) in [5.74, 6) is 0.414. The highest BCUT2D eigenvalue weighted by molar-refractivity contribution is 5.97. The third-order valence-electron chi connectivity index (χ3n) is 7.09. The summed E-state index contributed by atoms with van der Waals surface area (Å²) >= 11 is 0. The van der Waals surface area contributed by atoms with Crippen molar-refractivity contribution in [3.8, 4) is 5.75 Å². The fourth-order valence-corrected chi connectivity index (χ4v) is 5.09. The molecule has 0 radical (unpaired) electrons. The molecule has 1 aromatic carbocycles. The molecule has 0 aliphatic carbocycles. The van der Waals surface area contributed by atoms with E-state index < -0.39 is 6.10 Å². The fraction of sp³-hybridized carbons (Fsp3) is 0.481. The molecule has 1 fully saturated rings. The van der Waals surface area contributed by atoms with Crippen LogP contribution < -0.4 is 9.64 Å². The molecular weight excluding hydrogens is 458 g/mol. The van der Waals surface area contributed by atoms with Crippen molar-refractivity contribution in [3.63, 3.8) is 0 Å². The molecule has 2 aliphatic heterocycles. The van der Waals surface area contributed by atoms with Gasteiger partial charge >= 0.3 is 0 Å². The lowest BCUT2D eigenvalue weighted by atomic mass is 10.00. The number of aromatic nitrogens is 3. The van der Waals surface area contributed by atoms with Gasteiger partial charge in [0, 0.05) is 36.6 Å². The van der Waals surface area contributed by atoms with E-state index in [1.165, 1.54) is 0 Å². The quantitative estimate of drug-likeness (QED) is 0.545. The van der Waals surface area contributed by atoms with Crippen molar-refractivity contribution < 1.29 is 19.1 Å². The first-order valence-corrected chi connectivity index (χ1v) is 12.6. The lowest BCUT2D eigenvalue weighted by Gasteiger charge is -2.37. The first-order chi connectivity index (χ1) is 17.3. The van der Waals surface area contributed by atoms with E-state index in [4.69, 9.17) is 14.5 Å². The summed E-state index contributed by atoms with van der Waals surface area (Å²) < 4.78 is 13.4. The number of rotatable bonds is 5. The molecule has 0 bridgehead atoms. The zero-order chi connectivity index (χ0) is 25.4. The van der Waals surface area contributed by atoms with Gasteiger partial charge in [-0.05, 0) is 57.4 Å². The number of pyridine rings is 1. The number of carbonyl (C=O) groups excluding carboxylic acids is 2. The predicted octanol–water partition coefficient (Wildman–Crippen LogP) is 3.21. The molecule has 1 saturated heterocycles. The third-order valence-corrected chi connectivity index (χ3v) is 7.09. The maximum Gasteiger partial charge on any atom is 0.265 e. The van der Waals surface area contributed by atoms with Crippen LogP contribution in [0.25, 0.3) is 11.0 Å². The first kappa shape index (κ1) is 24.2. The number of aryl methyl sites for hydroxylation is 2. The molecule has 5 rings (SSSR count). The van der Waals surface area contributed by atoms with Gasteiger partial charge in [0.15, 0.2) is 11.8 Å². The van der Waals surface area contributed by atoms with Gasteiger partial charge in [-0.15, -0.1) is 0 Å². The van der Waals surface area contributed by atoms with Gasteiger partial charge in [0.05, 0.1) is 31.6 Å². The average Bonchev–Trinajstić information content (AvgIpc) is 3.32. The average molecular weight is 492 g/mol. The van der Waals surface area contributed by atoms with Crippen LogP contribution >= 0.6 is 0 Å². The van der Waals surface area contributed by atoms with E-state index in [1.54, 1.807) is 9.80 Å². The number of para-hydroxylation sites is 2. The van der Waals surface area contributed by atoms with Crippen LogP contribution in [0.1, 0.15) is 43.1 Å². The number of fused-ring (bicyclic) bond motifs is 2. The molecule has 2 amide bonds. The molecule has 190 valence electrons. The number of hydrogen-bond acceptors (Lipinski definition) is 6. The third kappa shape index (κ3) is 4.43. The molecule has 0 N–H and O–H groups in total. The molecule has 4 heterocycles. The van der Waals surface area contributed by atoms with Crippen LogP contribution in [0.3, 0.4) is 0 Å². The number of anilines is 1. The Bertz CT molecular complexity index is 1290. The maximum atomic E-state index is 13.5. The molecule has 0 saturated carbocycles. The number of benzene rings is 1. The monoisotopic (exact) mass is 491 g/mol. The van der Waals surface area contributed by atoms with Crippen LogP contribution in [0.2, 0.25) is 0 Å². The summed E-state index contributed by atoms with van der Waals surface area (Å²) in [6.07, 6.45) is 2.00. The largest absolute Gasteiger partial charge is 0.476 e. The number of morpholine rings is 1. The van der Waals surface area contributed by atoms with Gasteiger partial charge in [-0.2, -0.15) is 5.10 Å². The predicted molar refractivity (Wildman–Crippen MR) is 136 cm³/mol. The Kier molecular flexibility index (Phi) is 6.66. The molecule has 1 atom stereocenters. The van der Waals surface area contributed by atoms with E-state index in [-0.39, 0.29) is 24.4 Å². The van der Waals surface area contributed by atoms with Gasteiger partial charge in [-0.1, -0.05) is 12.1 Å². The Morgan fingerprint density at radius 2 is 1.89 bits per heavy atom. The van der Waals surface area contributed by atoms with Gasteiger partial charge in [0.2, 0.25) is 5.91 Å². The summed E-state index contributed by atoms with van der Waals surface area (Å²) in [6.45, 7) is 10.5. The van der Waals surface area contributed by atoms with E-state index in [0.717, 1.165) is 27.9 Å². The number of carbonyl (C=O) groups is 2. The van der Waals surface area contributed by atoms with Crippen LogP contribution in [0.15, 0.2) is 30.5 Å². The van der Waals surface area contributed by atoms with Gasteiger partial charge in [-0.3, -0.25) is 9.59 Å². The van der Waals surface area contributed by atoms with Crippen LogP contribution in [0.5, 0.6) is 5.75 Å². The highest BCUT2D eigenvalue weighted by Gasteiger charge is 2.36. The second-order valence-electron chi connectivity index (χ2n) is 9.74. The van der Waals surface area contributed by atoms with Crippen molar-refractivity contribution in [3.05, 3.63) is 47.3 Å². The van der Waals surface area contributed by atoms with Crippen molar-refractivity contribution in [2.45, 2.75) is 52.7 Å². The minimum atomic E-state index is -0.731. The number of amides is 2. The normalized spacial score (nSPS) is 17.9. The SMILES string of the molecule is Cc1nc2c(cnn2C(C)C)c(C)c1CCC(=O)N1C[C@H](C(=O)N2CCOCC2)Oc2ccccc21. The van der Waals surface area contributed by atoms with Gasteiger partial charge < -0.3 is 19.3 Å². The van der Waals surface area contributed by atoms with Crippen LogP contribution in [0, 0.1) is 13.8 Å². The lowest BCUT2D eigenvalue weighted by molar-refractivity contribution is -0.142. The maximum absolute atomic E-state index is 13.5. The Hall–Kier alpha value is -3.46. The van der Waals surface area contributed by atoms with E-state index in [9.17, 15) is 9.59 Å². The first-order valence-electron chi connectivity index (χ1n) is 12.6. The number of ether oxygens (including phenoxy) is 2. The minimum Gasteiger partial charge on any atom is -0.476 e. The molecule has 9 heteroatoms. The summed E-state index contributed by atoms with van der Waals surface area (Å²) in [6, 6.07) is 7.63. The summed E-state index contributed by atoms with van der Waals surface area (Å²) in [5, 5.41) is 5.53. The topological polar surface area (TPSA) is 89.8 Å². The van der Waals surface area contributed by atoms with Crippen LogP contribution in [-0.4, -0.2) is 70.4 Å². The van der Waals surface area contributed by atoms with Gasteiger partial charge in [-0.25, -0.2) is 9.67 Å². The molecule has 36 heavy (non-hydrogen) atoms. The van der Waals surface area contributed by atoms with Gasteiger partial charge in [0.1, 0.15) is 5.75 Å². The minimum absolute atomic E-state index is 0.0395. The molecule has 3 aromatic rings. The lowest BCUT2D eigenvalue weighted by Crippen LogP contribution is -2.54. The zero-order valence-corrected chi connectivity index (χ0v) is 21.4. The van der Waals surface area contributed by atoms with Crippen molar-refractivity contribution in [1.82, 2.24) is 19.7 Å². The second-order valence-corrected chi connectivity index (χ2v) is 9.74. The number of hydrogen-bond donors (Lipinski definition) is 0. The van der Waals surface area contributed by atoms with E-state index in [1.807, 2.05) is 42.1 Å². The van der Waals surface area contributed by atoms with E-state index in [2.05, 4.69) is 25.9 Å². The van der Waals surface area contributed by atoms with Gasteiger partial charge in [0.25, 0.3) is 5.91 Å². The van der Waals surface area contributed by atoms with Crippen LogP contribution in [-0.2, 0) is 20.7 Å². The highest BCUT2D eigenvalue weighted by atomic mass is 16.5. The fourth-order valence-electron chi connectivity index (χ4n) is 5.09. The summed E-state index contributed by atoms with van der Waals surface area (Å²) in [7, 11) is 0. The van der Waals surface area contributed by atoms with Crippen molar-refractivity contribution in [1.29, 1.82) is 0 Å². The standard InChI is InChI=1S/C27H33N5O4/c1-17(2)32-26-21(15-28-32)18(3)20(19(4)29-26)9-10-25(33)31-16-24(27(34)30-11-13-35-14-12-30)36-23-8-6-5-7-22(23)31/h5-8,15,17,24H,9-14,16H2,1-4H3/t24-/m1/s1. The highest BCUT2D eigenvalue weighted by Crippen LogP contribution is 2.34. The molecule has 9 nitrogen and oxygen atoms in total. The molecule has 0 spiro atoms. The smallest absolute Gasteiger partial charge is 0.265 e. The number of nitrogens with zero attached hydrogens (tertiary/aromatic N) is 5. The van der Waals surface area contributed by atoms with Crippen molar-refractivity contribution in [2.24, 2.45) is 0 Å². The summed E-state index contributed by atoms with van der Waals surface area (Å²) in [5.41, 5.74) is 4.68. The Morgan fingerprint density at radius 3 is 2.64 bits per heavy atom. The summed E-state index contributed by atoms with van der Waals surface area (Å²) in [4.78, 5) is 35.0. The molecular formula is C27H33N5O4. The Balaban J connectivity index is 1.36. The zero-order valence-electron chi connectivity index (χ0n) is 21.4. The van der Waals surface area contributed by atoms with Crippen LogP contribution in [0.4, 0.5) is 5.69 Å². The van der Waals surface area contributed by atoms with Crippen molar-refractivity contribution >= 4 is 28.5 Å². The Morgan fingerprint density at radius 1 is 1.14 bits per heavy atom. The Labute approximate surface area is 211 Å².